The van der Waals surface area contributed by atoms with Gasteiger partial charge in [-0.1, -0.05) is 0 Å². The summed E-state index contributed by atoms with van der Waals surface area (Å²) in [6.07, 6.45) is -0.388. The molecule has 1 N–H and O–H groups in total. The van der Waals surface area contributed by atoms with Gasteiger partial charge < -0.3 is 9.84 Å². The number of carboxylic acid groups (broad SMARTS) is 1. The molecule has 2 atom stereocenters. The van der Waals surface area contributed by atoms with Gasteiger partial charge in [0.25, 0.3) is 10.1 Å². The summed E-state index contributed by atoms with van der Waals surface area (Å²) in [6.45, 7) is 6.24. The Morgan fingerprint density at radius 3 is 2.27 bits per heavy atom. The first-order chi connectivity index (χ1) is 9.74. The minimum absolute atomic E-state index is 0.0712. The van der Waals surface area contributed by atoms with Crippen molar-refractivity contribution >= 4 is 22.2 Å². The van der Waals surface area contributed by atoms with Gasteiger partial charge in [-0.25, -0.2) is 9.59 Å². The lowest BCUT2D eigenvalue weighted by molar-refractivity contribution is -0.154. The maximum atomic E-state index is 12.3. The molecule has 1 fully saturated rings. The van der Waals surface area contributed by atoms with Gasteiger partial charge in [0.2, 0.25) is 0 Å². The fraction of sp³-hybridized carbons (Fsp3) is 0.846. The second-order valence-electron chi connectivity index (χ2n) is 6.63. The molecule has 9 heteroatoms. The summed E-state index contributed by atoms with van der Waals surface area (Å²) in [7, 11) is -3.69. The normalized spacial score (nSPS) is 26.6. The molecule has 1 heterocycles. The smallest absolute Gasteiger partial charge is 0.411 e. The Hall–Kier alpha value is -1.35. The molecule has 0 bridgehead atoms. The van der Waals surface area contributed by atoms with Crippen LogP contribution in [-0.2, 0) is 23.8 Å². The quantitative estimate of drug-likeness (QED) is 0.770. The summed E-state index contributed by atoms with van der Waals surface area (Å²) in [4.78, 5) is 24.8. The number of amides is 1. The van der Waals surface area contributed by atoms with Crippen molar-refractivity contribution in [3.8, 4) is 0 Å². The van der Waals surface area contributed by atoms with Gasteiger partial charge in [-0.05, 0) is 40.5 Å². The molecule has 0 aromatic heterocycles. The highest BCUT2D eigenvalue weighted by Gasteiger charge is 2.48. The molecule has 1 aliphatic heterocycles. The van der Waals surface area contributed by atoms with Crippen LogP contribution in [0.25, 0.3) is 0 Å². The molecule has 0 aliphatic carbocycles. The summed E-state index contributed by atoms with van der Waals surface area (Å²) in [5, 5.41) is 9.43. The second-order valence-corrected chi connectivity index (χ2v) is 8.23. The van der Waals surface area contributed by atoms with Gasteiger partial charge in [-0.3, -0.25) is 9.08 Å². The number of piperidine rings is 1. The topological polar surface area (TPSA) is 110 Å². The number of nitrogens with zero attached hydrogens (tertiary/aromatic N) is 1. The van der Waals surface area contributed by atoms with Gasteiger partial charge in [0.05, 0.1) is 18.9 Å². The van der Waals surface area contributed by atoms with E-state index in [0.717, 1.165) is 11.2 Å². The highest BCUT2D eigenvalue weighted by molar-refractivity contribution is 7.86. The highest BCUT2D eigenvalue weighted by Crippen LogP contribution is 2.31. The van der Waals surface area contributed by atoms with Gasteiger partial charge in [0.15, 0.2) is 0 Å². The third-order valence-corrected chi connectivity index (χ3v) is 3.94. The predicted octanol–water partition coefficient (Wildman–Crippen LogP) is 1.21. The number of hydrogen-bond acceptors (Lipinski definition) is 6. The number of carbonyl (C=O) groups excluding carboxylic acids is 1. The number of carboxylic acids is 1. The average molecular weight is 337 g/mol. The van der Waals surface area contributed by atoms with Crippen LogP contribution in [0.5, 0.6) is 0 Å². The Labute approximate surface area is 130 Å². The fourth-order valence-electron chi connectivity index (χ4n) is 2.21. The number of rotatable bonds is 3. The van der Waals surface area contributed by atoms with Gasteiger partial charge in [0.1, 0.15) is 11.1 Å². The summed E-state index contributed by atoms with van der Waals surface area (Å²) < 4.78 is 32.6. The largest absolute Gasteiger partial charge is 0.480 e. The van der Waals surface area contributed by atoms with E-state index in [1.165, 1.54) is 6.92 Å². The molecule has 1 aliphatic rings. The highest BCUT2D eigenvalue weighted by atomic mass is 32.2. The van der Waals surface area contributed by atoms with Crippen LogP contribution in [0.3, 0.4) is 0 Å². The summed E-state index contributed by atoms with van der Waals surface area (Å²) in [5.41, 5.74) is -2.25. The zero-order valence-corrected chi connectivity index (χ0v) is 14.3. The second kappa shape index (κ2) is 6.04. The number of likely N-dealkylation sites (tertiary alicyclic amines) is 1. The van der Waals surface area contributed by atoms with Gasteiger partial charge in [-0.2, -0.15) is 8.42 Å². The van der Waals surface area contributed by atoms with Crippen molar-refractivity contribution in [1.82, 2.24) is 4.90 Å². The monoisotopic (exact) mass is 337 g/mol. The molecule has 0 spiro atoms. The molecule has 0 aromatic rings. The van der Waals surface area contributed by atoms with E-state index in [1.54, 1.807) is 20.8 Å². The zero-order chi connectivity index (χ0) is 17.3. The minimum atomic E-state index is -3.69. The zero-order valence-electron chi connectivity index (χ0n) is 13.5. The third kappa shape index (κ3) is 4.84. The Kier molecular flexibility index (Phi) is 5.13. The first-order valence-corrected chi connectivity index (χ1v) is 8.68. The van der Waals surface area contributed by atoms with Crippen LogP contribution in [0.1, 0.15) is 40.5 Å². The fourth-order valence-corrected chi connectivity index (χ4v) is 2.87. The van der Waals surface area contributed by atoms with Crippen LogP contribution in [0.2, 0.25) is 0 Å². The number of carbonyl (C=O) groups is 2. The van der Waals surface area contributed by atoms with Crippen LogP contribution in [-0.4, -0.2) is 60.5 Å². The first-order valence-electron chi connectivity index (χ1n) is 6.87. The Balaban J connectivity index is 3.01. The van der Waals surface area contributed by atoms with Crippen molar-refractivity contribution in [2.75, 3.05) is 12.8 Å². The lowest BCUT2D eigenvalue weighted by Gasteiger charge is -2.44. The summed E-state index contributed by atoms with van der Waals surface area (Å²) >= 11 is 0. The van der Waals surface area contributed by atoms with E-state index in [0.29, 0.717) is 0 Å². The molecule has 0 radical (unpaired) electrons. The Morgan fingerprint density at radius 1 is 1.32 bits per heavy atom. The lowest BCUT2D eigenvalue weighted by atomic mass is 9.88. The average Bonchev–Trinajstić information content (AvgIpc) is 2.27. The van der Waals surface area contributed by atoms with Gasteiger partial charge in [0, 0.05) is 0 Å². The molecular weight excluding hydrogens is 314 g/mol. The maximum Gasteiger partial charge on any atom is 0.411 e. The van der Waals surface area contributed by atoms with Crippen molar-refractivity contribution in [2.24, 2.45) is 0 Å². The molecule has 1 rings (SSSR count). The van der Waals surface area contributed by atoms with Crippen molar-refractivity contribution in [2.45, 2.75) is 57.8 Å². The van der Waals surface area contributed by atoms with Gasteiger partial charge >= 0.3 is 12.1 Å². The third-order valence-electron chi connectivity index (χ3n) is 3.32. The standard InChI is InChI=1S/C13H23NO7S/c1-12(2,3)20-11(17)14-8-9(21-22(5,18)19)6-7-13(14,4)10(15)16/h9H,6-8H2,1-5H3,(H,15,16). The van der Waals surface area contributed by atoms with Crippen molar-refractivity contribution in [1.29, 1.82) is 0 Å². The molecule has 22 heavy (non-hydrogen) atoms. The minimum Gasteiger partial charge on any atom is -0.480 e. The van der Waals surface area contributed by atoms with Gasteiger partial charge in [-0.15, -0.1) is 0 Å². The van der Waals surface area contributed by atoms with Crippen molar-refractivity contribution < 1.29 is 32.0 Å². The van der Waals surface area contributed by atoms with Crippen LogP contribution >= 0.6 is 0 Å². The predicted molar refractivity (Wildman–Crippen MR) is 77.9 cm³/mol. The van der Waals surface area contributed by atoms with Crippen LogP contribution in [0.15, 0.2) is 0 Å². The van der Waals surface area contributed by atoms with E-state index in [2.05, 4.69) is 0 Å². The summed E-state index contributed by atoms with van der Waals surface area (Å²) in [6, 6.07) is 0. The molecule has 1 saturated heterocycles. The van der Waals surface area contributed by atoms with E-state index >= 15 is 0 Å². The van der Waals surface area contributed by atoms with E-state index in [-0.39, 0.29) is 19.4 Å². The van der Waals surface area contributed by atoms with Crippen LogP contribution < -0.4 is 0 Å². The molecule has 1 amide bonds. The SMILES string of the molecule is CC(C)(C)OC(=O)N1CC(OS(C)(=O)=O)CCC1(C)C(=O)O. The van der Waals surface area contributed by atoms with E-state index in [1.807, 2.05) is 0 Å². The van der Waals surface area contributed by atoms with E-state index in [9.17, 15) is 23.1 Å². The number of ether oxygens (including phenoxy) is 1. The Bertz CT molecular complexity index is 551. The first kappa shape index (κ1) is 18.7. The van der Waals surface area contributed by atoms with Crippen LogP contribution in [0.4, 0.5) is 4.79 Å². The molecule has 8 nitrogen and oxygen atoms in total. The molecule has 0 saturated carbocycles. The molecule has 0 aromatic carbocycles. The molecule has 128 valence electrons. The maximum absolute atomic E-state index is 12.3. The van der Waals surface area contributed by atoms with Crippen molar-refractivity contribution in [3.63, 3.8) is 0 Å². The van der Waals surface area contributed by atoms with E-state index in [4.69, 9.17) is 8.92 Å². The van der Waals surface area contributed by atoms with Crippen LogP contribution in [0, 0.1) is 0 Å². The lowest BCUT2D eigenvalue weighted by Crippen LogP contribution is -2.61. The number of aliphatic carboxylic acids is 1. The molecule has 2 unspecified atom stereocenters. The summed E-state index contributed by atoms with van der Waals surface area (Å²) in [5.74, 6) is -1.17. The Morgan fingerprint density at radius 2 is 1.86 bits per heavy atom. The molecular formula is C13H23NO7S. The van der Waals surface area contributed by atoms with E-state index < -0.39 is 39.4 Å². The number of hydrogen-bond donors (Lipinski definition) is 1. The van der Waals surface area contributed by atoms with Crippen molar-refractivity contribution in [3.05, 3.63) is 0 Å².